The Morgan fingerprint density at radius 1 is 1.06 bits per heavy atom. The van der Waals surface area contributed by atoms with Crippen LogP contribution in [0.3, 0.4) is 0 Å². The van der Waals surface area contributed by atoms with E-state index in [4.69, 9.17) is 24.7 Å². The van der Waals surface area contributed by atoms with Crippen molar-refractivity contribution in [1.29, 1.82) is 0 Å². The highest BCUT2D eigenvalue weighted by atomic mass is 19.4. The molecular formula is C20H25F3N2O7. The molecule has 0 aromatic heterocycles. The monoisotopic (exact) mass is 462 g/mol. The van der Waals surface area contributed by atoms with Gasteiger partial charge in [0.25, 0.3) is 5.91 Å². The third-order valence-corrected chi connectivity index (χ3v) is 4.49. The fraction of sp³-hybridized carbons (Fsp3) is 0.550. The van der Waals surface area contributed by atoms with Crippen LogP contribution in [0.25, 0.3) is 0 Å². The van der Waals surface area contributed by atoms with Crippen LogP contribution in [0.4, 0.5) is 13.2 Å². The lowest BCUT2D eigenvalue weighted by molar-refractivity contribution is -0.175. The third-order valence-electron chi connectivity index (χ3n) is 4.49. The summed E-state index contributed by atoms with van der Waals surface area (Å²) in [7, 11) is 0. The second-order valence-corrected chi connectivity index (χ2v) is 7.17. The highest BCUT2D eigenvalue weighted by molar-refractivity contribution is 5.81. The van der Waals surface area contributed by atoms with E-state index in [2.05, 4.69) is 0 Å². The second kappa shape index (κ2) is 12.1. The molecule has 178 valence electrons. The summed E-state index contributed by atoms with van der Waals surface area (Å²) in [6.07, 6.45) is -3.03. The summed E-state index contributed by atoms with van der Waals surface area (Å²) in [5.41, 5.74) is 4.98. The van der Waals surface area contributed by atoms with Crippen molar-refractivity contribution in [2.24, 2.45) is 11.7 Å². The van der Waals surface area contributed by atoms with Gasteiger partial charge in [0.2, 0.25) is 0 Å². The number of nitrogens with two attached hydrogens (primary N) is 1. The molecule has 2 rings (SSSR count). The first kappa shape index (κ1) is 25.2. The summed E-state index contributed by atoms with van der Waals surface area (Å²) < 4.78 is 58.1. The molecule has 1 aromatic carbocycles. The first-order valence-electron chi connectivity index (χ1n) is 9.89. The summed E-state index contributed by atoms with van der Waals surface area (Å²) in [5.74, 6) is -2.58. The van der Waals surface area contributed by atoms with Gasteiger partial charge in [0.15, 0.2) is 13.2 Å². The maximum atomic E-state index is 12.4. The highest BCUT2D eigenvalue weighted by Gasteiger charge is 2.38. The van der Waals surface area contributed by atoms with Crippen LogP contribution in [0, 0.1) is 5.92 Å². The molecule has 0 saturated heterocycles. The van der Waals surface area contributed by atoms with E-state index in [9.17, 15) is 27.6 Å². The molecule has 0 aliphatic heterocycles. The van der Waals surface area contributed by atoms with E-state index in [1.807, 2.05) is 0 Å². The molecule has 1 fully saturated rings. The minimum Gasteiger partial charge on any atom is -0.484 e. The average Bonchev–Trinajstić information content (AvgIpc) is 2.70. The normalized spacial score (nSPS) is 14.7. The first-order valence-corrected chi connectivity index (χ1v) is 9.89. The summed E-state index contributed by atoms with van der Waals surface area (Å²) in [6, 6.07) is 5.94. The van der Waals surface area contributed by atoms with Crippen molar-refractivity contribution in [1.82, 2.24) is 5.32 Å². The van der Waals surface area contributed by atoms with Crippen molar-refractivity contribution in [2.45, 2.75) is 31.5 Å². The van der Waals surface area contributed by atoms with Gasteiger partial charge in [-0.05, 0) is 43.0 Å². The lowest BCUT2D eigenvalue weighted by Crippen LogP contribution is -2.44. The van der Waals surface area contributed by atoms with Crippen LogP contribution in [-0.4, -0.2) is 63.0 Å². The molecule has 0 spiro atoms. The number of benzene rings is 1. The van der Waals surface area contributed by atoms with E-state index >= 15 is 0 Å². The van der Waals surface area contributed by atoms with Crippen molar-refractivity contribution in [3.05, 3.63) is 24.3 Å². The smallest absolute Gasteiger partial charge is 0.471 e. The van der Waals surface area contributed by atoms with Crippen LogP contribution in [0.15, 0.2) is 24.3 Å². The average molecular weight is 462 g/mol. The maximum Gasteiger partial charge on any atom is 0.471 e. The van der Waals surface area contributed by atoms with E-state index in [0.717, 1.165) is 19.3 Å². The second-order valence-electron chi connectivity index (χ2n) is 7.17. The number of ether oxygens (including phenoxy) is 4. The van der Waals surface area contributed by atoms with E-state index in [1.54, 1.807) is 5.32 Å². The molecule has 0 heterocycles. The molecule has 12 heteroatoms. The Balaban J connectivity index is 1.80. The molecule has 1 aliphatic carbocycles. The molecule has 1 aliphatic rings. The van der Waals surface area contributed by atoms with Gasteiger partial charge in [-0.15, -0.1) is 0 Å². The molecule has 1 aromatic rings. The predicted octanol–water partition coefficient (Wildman–Crippen LogP) is 1.34. The molecule has 2 amide bonds. The standard InChI is InChI=1S/C20H25F3N2O7/c21-20(22,23)19(28)25-8-16(10-29-9-13-2-1-3-13)32-18(27)12-31-15-6-4-14(5-7-15)30-11-17(24)26/h4-7,13,16H,1-3,8-12H2,(H2,24,26)(H,25,28). The van der Waals surface area contributed by atoms with E-state index in [0.29, 0.717) is 18.3 Å². The van der Waals surface area contributed by atoms with E-state index in [1.165, 1.54) is 24.3 Å². The summed E-state index contributed by atoms with van der Waals surface area (Å²) >= 11 is 0. The van der Waals surface area contributed by atoms with Gasteiger partial charge in [0.1, 0.15) is 17.6 Å². The summed E-state index contributed by atoms with van der Waals surface area (Å²) in [6.45, 7) is -1.12. The number of amides is 2. The Bertz CT molecular complexity index is 767. The fourth-order valence-corrected chi connectivity index (χ4v) is 2.62. The fourth-order valence-electron chi connectivity index (χ4n) is 2.62. The molecule has 0 radical (unpaired) electrons. The Kier molecular flexibility index (Phi) is 9.57. The topological polar surface area (TPSA) is 126 Å². The van der Waals surface area contributed by atoms with E-state index in [-0.39, 0.29) is 19.0 Å². The van der Waals surface area contributed by atoms with Crippen molar-refractivity contribution < 1.29 is 46.5 Å². The van der Waals surface area contributed by atoms with Gasteiger partial charge in [0, 0.05) is 6.61 Å². The molecule has 0 bridgehead atoms. The van der Waals surface area contributed by atoms with Crippen molar-refractivity contribution >= 4 is 17.8 Å². The van der Waals surface area contributed by atoms with Crippen molar-refractivity contribution in [2.75, 3.05) is 33.0 Å². The van der Waals surface area contributed by atoms with Gasteiger partial charge in [-0.2, -0.15) is 13.2 Å². The van der Waals surface area contributed by atoms with Crippen molar-refractivity contribution in [3.8, 4) is 11.5 Å². The van der Waals surface area contributed by atoms with Gasteiger partial charge >= 0.3 is 18.1 Å². The van der Waals surface area contributed by atoms with Crippen molar-refractivity contribution in [3.63, 3.8) is 0 Å². The number of carbonyl (C=O) groups excluding carboxylic acids is 3. The van der Waals surface area contributed by atoms with Gasteiger partial charge in [-0.3, -0.25) is 9.59 Å². The Labute approximate surface area is 182 Å². The molecule has 9 nitrogen and oxygen atoms in total. The minimum atomic E-state index is -5.04. The van der Waals surface area contributed by atoms with Crippen LogP contribution in [0.1, 0.15) is 19.3 Å². The van der Waals surface area contributed by atoms with Crippen LogP contribution in [0.5, 0.6) is 11.5 Å². The number of nitrogens with one attached hydrogen (secondary N) is 1. The quantitative estimate of drug-likeness (QED) is 0.424. The molecule has 1 unspecified atom stereocenters. The Morgan fingerprint density at radius 3 is 2.16 bits per heavy atom. The molecular weight excluding hydrogens is 437 g/mol. The maximum absolute atomic E-state index is 12.4. The minimum absolute atomic E-state index is 0.160. The SMILES string of the molecule is NC(=O)COc1ccc(OCC(=O)OC(CNC(=O)C(F)(F)F)COCC2CCC2)cc1. The molecule has 1 saturated carbocycles. The summed E-state index contributed by atoms with van der Waals surface area (Å²) in [5, 5.41) is 1.69. The molecule has 1 atom stereocenters. The predicted molar refractivity (Wildman–Crippen MR) is 104 cm³/mol. The zero-order chi connectivity index (χ0) is 23.6. The lowest BCUT2D eigenvalue weighted by atomic mass is 9.86. The number of primary amides is 1. The number of esters is 1. The number of carbonyl (C=O) groups is 3. The van der Waals surface area contributed by atoms with Gasteiger partial charge < -0.3 is 30.0 Å². The molecule has 32 heavy (non-hydrogen) atoms. The number of halogens is 3. The highest BCUT2D eigenvalue weighted by Crippen LogP contribution is 2.26. The number of rotatable bonds is 13. The molecule has 3 N–H and O–H groups in total. The van der Waals surface area contributed by atoms with Gasteiger partial charge in [-0.1, -0.05) is 6.42 Å². The third kappa shape index (κ3) is 9.41. The van der Waals surface area contributed by atoms with Gasteiger partial charge in [0.05, 0.1) is 13.2 Å². The summed E-state index contributed by atoms with van der Waals surface area (Å²) in [4.78, 5) is 33.8. The van der Waals surface area contributed by atoms with Crippen LogP contribution >= 0.6 is 0 Å². The zero-order valence-electron chi connectivity index (χ0n) is 17.2. The number of alkyl halides is 3. The van der Waals surface area contributed by atoms with Gasteiger partial charge in [-0.25, -0.2) is 4.79 Å². The zero-order valence-corrected chi connectivity index (χ0v) is 17.2. The largest absolute Gasteiger partial charge is 0.484 e. The van der Waals surface area contributed by atoms with E-state index < -0.39 is 43.2 Å². The van der Waals surface area contributed by atoms with Crippen LogP contribution in [-0.2, 0) is 23.9 Å². The number of hydrogen-bond acceptors (Lipinski definition) is 7. The first-order chi connectivity index (χ1) is 15.1. The lowest BCUT2D eigenvalue weighted by Gasteiger charge is -2.26. The Hall–Kier alpha value is -3.02. The van der Waals surface area contributed by atoms with Crippen LogP contribution < -0.4 is 20.5 Å². The van der Waals surface area contributed by atoms with Crippen LogP contribution in [0.2, 0.25) is 0 Å². The Morgan fingerprint density at radius 2 is 1.66 bits per heavy atom. The number of hydrogen-bond donors (Lipinski definition) is 2.